The molecule has 2 aromatic rings. The fraction of sp³-hybridized carbons (Fsp3) is 0.344. The van der Waals surface area contributed by atoms with Gasteiger partial charge in [-0.3, -0.25) is 30.0 Å². The van der Waals surface area contributed by atoms with Gasteiger partial charge in [-0.25, -0.2) is 4.79 Å². The first kappa shape index (κ1) is 42.1. The molecule has 0 saturated heterocycles. The molecule has 12 N–H and O–H groups in total. The number of nitrogens with two attached hydrogens (primary N) is 3. The third kappa shape index (κ3) is 14.9. The summed E-state index contributed by atoms with van der Waals surface area (Å²) in [6, 6.07) is 13.6. The minimum atomic E-state index is -5.08. The molecule has 2 rings (SSSR count). The van der Waals surface area contributed by atoms with Crippen molar-refractivity contribution in [2.45, 2.75) is 43.9 Å². The number of guanidine groups is 1. The summed E-state index contributed by atoms with van der Waals surface area (Å²) in [5.74, 6) is -6.78. The molecule has 0 bridgehead atoms. The van der Waals surface area contributed by atoms with Crippen LogP contribution in [0, 0.1) is 16.7 Å². The number of nitrogens with zero attached hydrogens (tertiary/aromatic N) is 1. The van der Waals surface area contributed by atoms with E-state index in [1.165, 1.54) is 18.0 Å². The number of likely N-dealkylation sites (N-methyl/N-ethyl adjacent to an activating group) is 1. The summed E-state index contributed by atoms with van der Waals surface area (Å²) < 4.78 is 31.7. The van der Waals surface area contributed by atoms with Crippen molar-refractivity contribution in [2.75, 3.05) is 20.1 Å². The Morgan fingerprint density at radius 3 is 1.96 bits per heavy atom. The zero-order valence-electron chi connectivity index (χ0n) is 27.3. The molecule has 0 spiro atoms. The lowest BCUT2D eigenvalue weighted by Crippen LogP contribution is -2.56. The number of carbonyl (C=O) groups is 5. The molecule has 3 atom stereocenters. The SMILES string of the molecule is C=CCNC(=O)C(Cc1ccc(C(=N)N)cc1)C(=O)N(C)[C@@H](Cc1ccccc1)C(=O)N[C@@H](CCCNC(=N)N)C(N)=O.O=C(O)C(F)(F)F. The van der Waals surface area contributed by atoms with Gasteiger partial charge in [-0.15, -0.1) is 6.58 Å². The maximum absolute atomic E-state index is 13.9. The lowest BCUT2D eigenvalue weighted by Gasteiger charge is -2.31. The van der Waals surface area contributed by atoms with Crippen molar-refractivity contribution in [3.63, 3.8) is 0 Å². The summed E-state index contributed by atoms with van der Waals surface area (Å²) in [7, 11) is 1.44. The van der Waals surface area contributed by atoms with Crippen LogP contribution in [-0.2, 0) is 36.8 Å². The summed E-state index contributed by atoms with van der Waals surface area (Å²) in [6.07, 6.45) is -2.89. The van der Waals surface area contributed by atoms with Crippen LogP contribution in [0.2, 0.25) is 0 Å². The molecule has 0 radical (unpaired) electrons. The molecule has 272 valence electrons. The first-order valence-corrected chi connectivity index (χ1v) is 15.0. The highest BCUT2D eigenvalue weighted by Gasteiger charge is 2.38. The van der Waals surface area contributed by atoms with Crippen LogP contribution in [0.3, 0.4) is 0 Å². The van der Waals surface area contributed by atoms with Crippen molar-refractivity contribution in [1.29, 1.82) is 10.8 Å². The number of carboxylic acids is 1. The van der Waals surface area contributed by atoms with Crippen molar-refractivity contribution < 1.29 is 42.3 Å². The zero-order chi connectivity index (χ0) is 38.0. The number of halogens is 3. The van der Waals surface area contributed by atoms with Crippen molar-refractivity contribution in [3.05, 3.63) is 83.9 Å². The molecule has 0 aromatic heterocycles. The fourth-order valence-electron chi connectivity index (χ4n) is 4.37. The van der Waals surface area contributed by atoms with Gasteiger partial charge in [0, 0.05) is 32.1 Å². The van der Waals surface area contributed by atoms with Crippen molar-refractivity contribution >= 4 is 41.4 Å². The molecule has 0 saturated carbocycles. The largest absolute Gasteiger partial charge is 0.490 e. The van der Waals surface area contributed by atoms with Gasteiger partial charge in [0.05, 0.1) is 0 Å². The lowest BCUT2D eigenvalue weighted by atomic mass is 9.94. The fourth-order valence-corrected chi connectivity index (χ4v) is 4.37. The van der Waals surface area contributed by atoms with Gasteiger partial charge in [0.1, 0.15) is 23.8 Å². The number of amidine groups is 1. The number of hydrogen-bond donors (Lipinski definition) is 9. The van der Waals surface area contributed by atoms with Crippen molar-refractivity contribution in [2.24, 2.45) is 23.1 Å². The molecule has 2 aromatic carbocycles. The number of aliphatic carboxylic acids is 1. The highest BCUT2D eigenvalue weighted by Crippen LogP contribution is 2.18. The van der Waals surface area contributed by atoms with Gasteiger partial charge in [0.15, 0.2) is 5.96 Å². The van der Waals surface area contributed by atoms with E-state index in [1.54, 1.807) is 36.4 Å². The Morgan fingerprint density at radius 1 is 0.920 bits per heavy atom. The van der Waals surface area contributed by atoms with Crippen LogP contribution in [0.1, 0.15) is 29.5 Å². The summed E-state index contributed by atoms with van der Waals surface area (Å²) in [4.78, 5) is 63.1. The van der Waals surface area contributed by atoms with Crippen LogP contribution in [0.5, 0.6) is 0 Å². The van der Waals surface area contributed by atoms with Crippen LogP contribution in [0.4, 0.5) is 13.2 Å². The lowest BCUT2D eigenvalue weighted by molar-refractivity contribution is -0.192. The Bertz CT molecular complexity index is 1510. The second kappa shape index (κ2) is 20.4. The van der Waals surface area contributed by atoms with E-state index in [0.717, 1.165) is 5.56 Å². The second-order valence-electron chi connectivity index (χ2n) is 10.8. The quantitative estimate of drug-likeness (QED) is 0.0361. The summed E-state index contributed by atoms with van der Waals surface area (Å²) in [5, 5.41) is 29.9. The monoisotopic (exact) mass is 705 g/mol. The highest BCUT2D eigenvalue weighted by molar-refractivity contribution is 6.02. The summed E-state index contributed by atoms with van der Waals surface area (Å²) >= 11 is 0. The minimum absolute atomic E-state index is 0.0249. The maximum Gasteiger partial charge on any atom is 0.490 e. The first-order valence-electron chi connectivity index (χ1n) is 15.0. The van der Waals surface area contributed by atoms with Gasteiger partial charge in [-0.05, 0) is 30.4 Å². The van der Waals surface area contributed by atoms with Crippen LogP contribution < -0.4 is 33.2 Å². The number of primary amides is 1. The van der Waals surface area contributed by atoms with Crippen LogP contribution in [-0.4, -0.2) is 89.8 Å². The normalized spacial score (nSPS) is 12.4. The number of alkyl halides is 3. The summed E-state index contributed by atoms with van der Waals surface area (Å²) in [5.41, 5.74) is 18.3. The van der Waals surface area contributed by atoms with E-state index in [9.17, 15) is 32.3 Å². The third-order valence-corrected chi connectivity index (χ3v) is 7.02. The number of nitrogens with one attached hydrogen (secondary N) is 5. The third-order valence-electron chi connectivity index (χ3n) is 7.02. The summed E-state index contributed by atoms with van der Waals surface area (Å²) in [6.45, 7) is 4.05. The molecular weight excluding hydrogens is 663 g/mol. The number of benzene rings is 2. The molecule has 0 fully saturated rings. The molecule has 0 aliphatic rings. The number of rotatable bonds is 17. The number of nitrogen functional groups attached to an aromatic ring is 1. The minimum Gasteiger partial charge on any atom is -0.475 e. The van der Waals surface area contributed by atoms with Gasteiger partial charge in [-0.1, -0.05) is 60.7 Å². The van der Waals surface area contributed by atoms with Crippen LogP contribution >= 0.6 is 0 Å². The van der Waals surface area contributed by atoms with Crippen LogP contribution in [0.25, 0.3) is 0 Å². The van der Waals surface area contributed by atoms with E-state index in [1.807, 2.05) is 18.2 Å². The second-order valence-corrected chi connectivity index (χ2v) is 10.8. The topological polar surface area (TPSA) is 271 Å². The Labute approximate surface area is 286 Å². The molecule has 50 heavy (non-hydrogen) atoms. The first-order chi connectivity index (χ1) is 23.4. The molecule has 0 aliphatic heterocycles. The standard InChI is InChI=1S/C30H41N9O4.C2HF3O2/c1-3-15-36-27(41)22(17-20-11-13-21(14-12-20)25(31)32)29(43)39(2)24(18-19-8-5-4-6-9-19)28(42)38-23(26(33)40)10-7-16-37-30(34)35;3-2(4,5)1(6)7/h3-6,8-9,11-14,22-24H,1,7,10,15-18H2,2H3,(H3,31,32)(H2,33,40)(H,36,41)(H,38,42)(H4,34,35,37);(H,6,7)/t22?,23-,24-;/m0./s1. The average Bonchev–Trinajstić information content (AvgIpc) is 3.05. The molecule has 15 nitrogen and oxygen atoms in total. The zero-order valence-corrected chi connectivity index (χ0v) is 27.3. The molecule has 0 aliphatic carbocycles. The maximum atomic E-state index is 13.9. The van der Waals surface area contributed by atoms with E-state index in [2.05, 4.69) is 22.5 Å². The van der Waals surface area contributed by atoms with E-state index in [0.29, 0.717) is 24.1 Å². The predicted molar refractivity (Wildman–Crippen MR) is 179 cm³/mol. The Hall–Kier alpha value is -5.94. The molecule has 0 heterocycles. The Balaban J connectivity index is 0.00000161. The van der Waals surface area contributed by atoms with Gasteiger partial charge < -0.3 is 43.2 Å². The number of amides is 4. The van der Waals surface area contributed by atoms with Gasteiger partial charge in [0.2, 0.25) is 23.6 Å². The highest BCUT2D eigenvalue weighted by atomic mass is 19.4. The van der Waals surface area contributed by atoms with Crippen molar-refractivity contribution in [1.82, 2.24) is 20.9 Å². The molecular formula is C32H42F3N9O6. The molecule has 18 heteroatoms. The smallest absolute Gasteiger partial charge is 0.475 e. The van der Waals surface area contributed by atoms with E-state index in [-0.39, 0.29) is 37.6 Å². The van der Waals surface area contributed by atoms with E-state index >= 15 is 0 Å². The van der Waals surface area contributed by atoms with Gasteiger partial charge in [0.25, 0.3) is 0 Å². The predicted octanol–water partition coefficient (Wildman–Crippen LogP) is 0.368. The molecule has 1 unspecified atom stereocenters. The average molecular weight is 706 g/mol. The number of carboxylic acid groups (broad SMARTS) is 1. The van der Waals surface area contributed by atoms with Gasteiger partial charge in [-0.2, -0.15) is 13.2 Å². The number of carbonyl (C=O) groups excluding carboxylic acids is 4. The Morgan fingerprint density at radius 2 is 1.48 bits per heavy atom. The Kier molecular flexibility index (Phi) is 17.2. The van der Waals surface area contributed by atoms with Crippen molar-refractivity contribution in [3.8, 4) is 0 Å². The van der Waals surface area contributed by atoms with E-state index < -0.39 is 53.8 Å². The number of hydrogen-bond acceptors (Lipinski definition) is 7. The van der Waals surface area contributed by atoms with Crippen LogP contribution in [0.15, 0.2) is 67.3 Å². The van der Waals surface area contributed by atoms with Gasteiger partial charge >= 0.3 is 12.1 Å². The van der Waals surface area contributed by atoms with E-state index in [4.69, 9.17) is 37.9 Å². The molecule has 4 amide bonds.